The summed E-state index contributed by atoms with van der Waals surface area (Å²) in [6, 6.07) is 16.2. The van der Waals surface area contributed by atoms with E-state index in [0.29, 0.717) is 18.5 Å². The molecule has 0 unspecified atom stereocenters. The molecule has 0 atom stereocenters. The average molecular weight is 476 g/mol. The zero-order chi connectivity index (χ0) is 24.4. The van der Waals surface area contributed by atoms with E-state index in [2.05, 4.69) is 45.2 Å². The lowest BCUT2D eigenvalue weighted by atomic mass is 9.98. The molecule has 10 nitrogen and oxygen atoms in total. The SMILES string of the molecule is O=C(O)CC1(NC(=O)Cn2cc(CNC(=O)OCC3c4ccccc4-c4ccccc43)nn2)CC1. The number of carbonyl (C=O) groups is 3. The summed E-state index contributed by atoms with van der Waals surface area (Å²) in [5.41, 5.74) is 4.43. The summed E-state index contributed by atoms with van der Waals surface area (Å²) in [7, 11) is 0. The second-order valence-corrected chi connectivity index (χ2v) is 8.99. The first-order valence-electron chi connectivity index (χ1n) is 11.4. The number of hydrogen-bond acceptors (Lipinski definition) is 6. The lowest BCUT2D eigenvalue weighted by molar-refractivity contribution is -0.138. The van der Waals surface area contributed by atoms with Crippen LogP contribution in [0.5, 0.6) is 0 Å². The number of aliphatic carboxylic acids is 1. The van der Waals surface area contributed by atoms with Gasteiger partial charge in [0.1, 0.15) is 18.8 Å². The highest BCUT2D eigenvalue weighted by Gasteiger charge is 2.45. The van der Waals surface area contributed by atoms with E-state index < -0.39 is 17.6 Å². The Hall–Kier alpha value is -4.21. The number of carbonyl (C=O) groups excluding carboxylic acids is 2. The fourth-order valence-electron chi connectivity index (χ4n) is 4.58. The van der Waals surface area contributed by atoms with Gasteiger partial charge < -0.3 is 20.5 Å². The maximum absolute atomic E-state index is 12.3. The van der Waals surface area contributed by atoms with Crippen LogP contribution in [0.1, 0.15) is 42.0 Å². The summed E-state index contributed by atoms with van der Waals surface area (Å²) in [5.74, 6) is -1.29. The average Bonchev–Trinajstić information content (AvgIpc) is 3.29. The van der Waals surface area contributed by atoms with Gasteiger partial charge in [0.05, 0.1) is 24.7 Å². The molecule has 180 valence electrons. The number of nitrogens with one attached hydrogen (secondary N) is 2. The molecule has 3 N–H and O–H groups in total. The third kappa shape index (κ3) is 5.01. The number of amides is 2. The van der Waals surface area contributed by atoms with Gasteiger partial charge in [-0.1, -0.05) is 53.7 Å². The summed E-state index contributed by atoms with van der Waals surface area (Å²) in [5, 5.41) is 22.3. The molecule has 10 heteroatoms. The number of carboxylic acids is 1. The van der Waals surface area contributed by atoms with Gasteiger partial charge in [-0.15, -0.1) is 5.10 Å². The van der Waals surface area contributed by atoms with E-state index in [9.17, 15) is 14.4 Å². The van der Waals surface area contributed by atoms with E-state index in [0.717, 1.165) is 22.3 Å². The Balaban J connectivity index is 1.11. The minimum Gasteiger partial charge on any atom is -0.481 e. The van der Waals surface area contributed by atoms with E-state index in [-0.39, 0.29) is 37.9 Å². The molecule has 2 aliphatic rings. The van der Waals surface area contributed by atoms with Gasteiger partial charge in [-0.05, 0) is 35.1 Å². The zero-order valence-corrected chi connectivity index (χ0v) is 18.9. The number of ether oxygens (including phenoxy) is 1. The lowest BCUT2D eigenvalue weighted by Gasteiger charge is -2.14. The molecule has 35 heavy (non-hydrogen) atoms. The number of nitrogens with zero attached hydrogens (tertiary/aromatic N) is 3. The Morgan fingerprint density at radius 2 is 1.71 bits per heavy atom. The van der Waals surface area contributed by atoms with E-state index >= 15 is 0 Å². The van der Waals surface area contributed by atoms with Crippen molar-refractivity contribution in [3.8, 4) is 11.1 Å². The van der Waals surface area contributed by atoms with Gasteiger partial charge in [0.2, 0.25) is 5.91 Å². The number of carboxylic acid groups (broad SMARTS) is 1. The minimum atomic E-state index is -0.940. The topological polar surface area (TPSA) is 135 Å². The summed E-state index contributed by atoms with van der Waals surface area (Å²) in [6.07, 6.45) is 2.20. The number of aromatic nitrogens is 3. The predicted octanol–water partition coefficient (Wildman–Crippen LogP) is 2.44. The second-order valence-electron chi connectivity index (χ2n) is 8.99. The van der Waals surface area contributed by atoms with Crippen LogP contribution >= 0.6 is 0 Å². The van der Waals surface area contributed by atoms with Gasteiger partial charge >= 0.3 is 12.1 Å². The quantitative estimate of drug-likeness (QED) is 0.432. The smallest absolute Gasteiger partial charge is 0.407 e. The molecule has 0 bridgehead atoms. The maximum Gasteiger partial charge on any atom is 0.407 e. The minimum absolute atomic E-state index is 0.0246. The molecule has 5 rings (SSSR count). The fourth-order valence-corrected chi connectivity index (χ4v) is 4.58. The van der Waals surface area contributed by atoms with Crippen LogP contribution < -0.4 is 10.6 Å². The van der Waals surface area contributed by atoms with Gasteiger partial charge in [-0.25, -0.2) is 9.48 Å². The highest BCUT2D eigenvalue weighted by Crippen LogP contribution is 2.44. The van der Waals surface area contributed by atoms with Gasteiger partial charge in [0, 0.05) is 5.92 Å². The molecule has 0 spiro atoms. The number of alkyl carbamates (subject to hydrolysis) is 1. The van der Waals surface area contributed by atoms with Crippen LogP contribution in [0.4, 0.5) is 4.79 Å². The standard InChI is InChI=1S/C25H25N5O5/c31-22(27-25(9-10-25)11-23(32)33)14-30-13-16(28-29-30)12-26-24(34)35-15-21-19-7-3-1-5-17(19)18-6-2-4-8-20(18)21/h1-8,13,21H,9-12,14-15H2,(H,26,34)(H,27,31)(H,32,33). The third-order valence-corrected chi connectivity index (χ3v) is 6.40. The molecule has 0 aliphatic heterocycles. The van der Waals surface area contributed by atoms with Gasteiger partial charge in [-0.2, -0.15) is 0 Å². The Labute approximate surface area is 201 Å². The number of rotatable bonds is 9. The normalized spacial score (nSPS) is 15.1. The van der Waals surface area contributed by atoms with Gasteiger partial charge in [0.25, 0.3) is 0 Å². The summed E-state index contributed by atoms with van der Waals surface area (Å²) < 4.78 is 6.86. The van der Waals surface area contributed by atoms with Crippen LogP contribution in [0.15, 0.2) is 54.7 Å². The first kappa shape index (κ1) is 22.6. The molecule has 3 aromatic rings. The van der Waals surface area contributed by atoms with Crippen LogP contribution in [-0.4, -0.2) is 50.2 Å². The second kappa shape index (κ2) is 9.21. The van der Waals surface area contributed by atoms with Crippen molar-refractivity contribution >= 4 is 18.0 Å². The van der Waals surface area contributed by atoms with Crippen LogP contribution in [0.25, 0.3) is 11.1 Å². The third-order valence-electron chi connectivity index (χ3n) is 6.40. The number of hydrogen-bond donors (Lipinski definition) is 3. The molecule has 2 aromatic carbocycles. The Kier molecular flexibility index (Phi) is 5.94. The van der Waals surface area contributed by atoms with Crippen LogP contribution in [-0.2, 0) is 27.4 Å². The first-order valence-corrected chi connectivity index (χ1v) is 11.4. The van der Waals surface area contributed by atoms with Crippen molar-refractivity contribution in [3.05, 3.63) is 71.5 Å². The Morgan fingerprint density at radius 3 is 2.34 bits per heavy atom. The van der Waals surface area contributed by atoms with Crippen molar-refractivity contribution in [1.29, 1.82) is 0 Å². The predicted molar refractivity (Wildman–Crippen MR) is 124 cm³/mol. The summed E-state index contributed by atoms with van der Waals surface area (Å²) in [4.78, 5) is 35.5. The van der Waals surface area contributed by atoms with Gasteiger partial charge in [0.15, 0.2) is 0 Å². The molecular weight excluding hydrogens is 450 g/mol. The maximum atomic E-state index is 12.3. The molecule has 0 radical (unpaired) electrons. The highest BCUT2D eigenvalue weighted by molar-refractivity contribution is 5.79. The zero-order valence-electron chi connectivity index (χ0n) is 18.9. The van der Waals surface area contributed by atoms with E-state index in [1.165, 1.54) is 4.68 Å². The van der Waals surface area contributed by atoms with E-state index in [1.807, 2.05) is 24.3 Å². The van der Waals surface area contributed by atoms with E-state index in [1.54, 1.807) is 6.20 Å². The van der Waals surface area contributed by atoms with Gasteiger partial charge in [-0.3, -0.25) is 9.59 Å². The first-order chi connectivity index (χ1) is 16.9. The molecule has 2 aliphatic carbocycles. The highest BCUT2D eigenvalue weighted by atomic mass is 16.5. The van der Waals surface area contributed by atoms with Crippen molar-refractivity contribution in [2.45, 2.75) is 43.8 Å². The molecule has 2 amide bonds. The summed E-state index contributed by atoms with van der Waals surface area (Å²) in [6.45, 7) is 0.228. The Morgan fingerprint density at radius 1 is 1.06 bits per heavy atom. The number of fused-ring (bicyclic) bond motifs is 3. The molecular formula is C25H25N5O5. The summed E-state index contributed by atoms with van der Waals surface area (Å²) >= 11 is 0. The monoisotopic (exact) mass is 475 g/mol. The van der Waals surface area contributed by atoms with Crippen LogP contribution in [0.2, 0.25) is 0 Å². The molecule has 1 heterocycles. The molecule has 1 fully saturated rings. The lowest BCUT2D eigenvalue weighted by Crippen LogP contribution is -2.40. The van der Waals surface area contributed by atoms with Crippen molar-refractivity contribution < 1.29 is 24.2 Å². The van der Waals surface area contributed by atoms with Crippen molar-refractivity contribution in [1.82, 2.24) is 25.6 Å². The van der Waals surface area contributed by atoms with Crippen LogP contribution in [0, 0.1) is 0 Å². The molecule has 1 saturated carbocycles. The largest absolute Gasteiger partial charge is 0.481 e. The number of benzene rings is 2. The van der Waals surface area contributed by atoms with Crippen LogP contribution in [0.3, 0.4) is 0 Å². The Bertz CT molecular complexity index is 1240. The molecule has 1 aromatic heterocycles. The molecule has 0 saturated heterocycles. The van der Waals surface area contributed by atoms with Crippen molar-refractivity contribution in [2.75, 3.05) is 6.61 Å². The fraction of sp³-hybridized carbons (Fsp3) is 0.320. The van der Waals surface area contributed by atoms with E-state index in [4.69, 9.17) is 9.84 Å². The van der Waals surface area contributed by atoms with Crippen molar-refractivity contribution in [2.24, 2.45) is 0 Å². The van der Waals surface area contributed by atoms with Crippen molar-refractivity contribution in [3.63, 3.8) is 0 Å².